The van der Waals surface area contributed by atoms with Crippen molar-refractivity contribution in [3.63, 3.8) is 0 Å². The molecular weight excluding hydrogens is 292 g/mol. The zero-order valence-electron chi connectivity index (χ0n) is 12.8. The molecule has 0 radical (unpaired) electrons. The van der Waals surface area contributed by atoms with Crippen LogP contribution in [0.25, 0.3) is 22.1 Å². The van der Waals surface area contributed by atoms with Crippen LogP contribution in [0, 0.1) is 6.92 Å². The molecule has 4 aromatic rings. The minimum atomic E-state index is -0.291. The summed E-state index contributed by atoms with van der Waals surface area (Å²) in [6.07, 6.45) is 0. The van der Waals surface area contributed by atoms with Gasteiger partial charge in [-0.2, -0.15) is 0 Å². The third-order valence-electron chi connectivity index (χ3n) is 4.05. The highest BCUT2D eigenvalue weighted by molar-refractivity contribution is 5.96. The van der Waals surface area contributed by atoms with Crippen LogP contribution in [0.5, 0.6) is 0 Å². The quantitative estimate of drug-likeness (QED) is 0.571. The number of hydrogen-bond donors (Lipinski definition) is 2. The molecule has 23 heavy (non-hydrogen) atoms. The van der Waals surface area contributed by atoms with E-state index < -0.39 is 0 Å². The van der Waals surface area contributed by atoms with Gasteiger partial charge >= 0.3 is 6.03 Å². The van der Waals surface area contributed by atoms with E-state index in [9.17, 15) is 4.79 Å². The first-order valence-corrected chi connectivity index (χ1v) is 7.49. The maximum atomic E-state index is 12.2. The first-order valence-electron chi connectivity index (χ1n) is 7.49. The van der Waals surface area contributed by atoms with E-state index in [1.807, 2.05) is 50.2 Å². The minimum absolute atomic E-state index is 0.240. The van der Waals surface area contributed by atoms with Crippen LogP contribution in [-0.2, 0) is 0 Å². The zero-order valence-corrected chi connectivity index (χ0v) is 12.8. The molecule has 0 saturated heterocycles. The SMILES string of the molecule is Cc1c(C(C)NC(=O)Nc2cc3ccc2o3)oc2ccccc12. The van der Waals surface area contributed by atoms with Crippen molar-refractivity contribution < 1.29 is 13.6 Å². The molecule has 1 atom stereocenters. The van der Waals surface area contributed by atoms with Crippen molar-refractivity contribution in [2.24, 2.45) is 0 Å². The Labute approximate surface area is 132 Å². The smallest absolute Gasteiger partial charge is 0.319 e. The lowest BCUT2D eigenvalue weighted by molar-refractivity contribution is 0.248. The summed E-state index contributed by atoms with van der Waals surface area (Å²) in [5.41, 5.74) is 3.96. The molecule has 116 valence electrons. The van der Waals surface area contributed by atoms with E-state index in [-0.39, 0.29) is 12.1 Å². The van der Waals surface area contributed by atoms with E-state index in [4.69, 9.17) is 8.83 Å². The number of furan rings is 3. The molecule has 5 heteroatoms. The van der Waals surface area contributed by atoms with Crippen LogP contribution in [0.2, 0.25) is 0 Å². The van der Waals surface area contributed by atoms with E-state index in [0.29, 0.717) is 11.3 Å². The van der Waals surface area contributed by atoms with Crippen LogP contribution < -0.4 is 10.6 Å². The fraction of sp³-hybridized carbons (Fsp3) is 0.167. The number of aryl methyl sites for hydroxylation is 1. The van der Waals surface area contributed by atoms with Gasteiger partial charge in [-0.05, 0) is 32.0 Å². The highest BCUT2D eigenvalue weighted by Crippen LogP contribution is 2.30. The molecule has 2 amide bonds. The zero-order chi connectivity index (χ0) is 16.0. The first kappa shape index (κ1) is 13.7. The van der Waals surface area contributed by atoms with Crippen LogP contribution in [0.15, 0.2) is 51.3 Å². The molecule has 0 aliphatic heterocycles. The lowest BCUT2D eigenvalue weighted by Crippen LogP contribution is -2.31. The van der Waals surface area contributed by atoms with Gasteiger partial charge in [0, 0.05) is 17.0 Å². The minimum Gasteiger partial charge on any atom is -0.459 e. The van der Waals surface area contributed by atoms with Crippen molar-refractivity contribution in [1.29, 1.82) is 0 Å². The summed E-state index contributed by atoms with van der Waals surface area (Å²) in [6.45, 7) is 3.90. The summed E-state index contributed by atoms with van der Waals surface area (Å²) in [7, 11) is 0. The fourth-order valence-corrected chi connectivity index (χ4v) is 2.91. The van der Waals surface area contributed by atoms with E-state index in [1.165, 1.54) is 0 Å². The molecule has 0 fully saturated rings. The van der Waals surface area contributed by atoms with E-state index in [2.05, 4.69) is 10.6 Å². The number of benzene rings is 2. The van der Waals surface area contributed by atoms with Crippen LogP contribution >= 0.6 is 0 Å². The number of carbonyl (C=O) groups excluding carboxylic acids is 1. The topological polar surface area (TPSA) is 67.4 Å². The molecule has 5 nitrogen and oxygen atoms in total. The van der Waals surface area contributed by atoms with Gasteiger partial charge in [0.15, 0.2) is 5.58 Å². The van der Waals surface area contributed by atoms with Crippen LogP contribution in [0.1, 0.15) is 24.3 Å². The van der Waals surface area contributed by atoms with Gasteiger partial charge in [-0.25, -0.2) is 4.79 Å². The number of rotatable bonds is 3. The Morgan fingerprint density at radius 2 is 1.91 bits per heavy atom. The third kappa shape index (κ3) is 2.30. The molecule has 3 aromatic heterocycles. The fourth-order valence-electron chi connectivity index (χ4n) is 2.91. The Morgan fingerprint density at radius 3 is 2.61 bits per heavy atom. The molecule has 1 unspecified atom stereocenters. The summed E-state index contributed by atoms with van der Waals surface area (Å²) in [5.74, 6) is 0.765. The molecule has 0 saturated carbocycles. The van der Waals surface area contributed by atoms with Crippen LogP contribution in [0.3, 0.4) is 0 Å². The van der Waals surface area contributed by atoms with Gasteiger partial charge in [-0.15, -0.1) is 0 Å². The van der Waals surface area contributed by atoms with E-state index in [0.717, 1.165) is 27.9 Å². The Hall–Kier alpha value is -2.95. The van der Waals surface area contributed by atoms with Crippen molar-refractivity contribution in [3.8, 4) is 0 Å². The Bertz CT molecular complexity index is 983. The predicted molar refractivity (Wildman–Crippen MR) is 88.9 cm³/mol. The molecule has 1 aromatic carbocycles. The molecule has 2 N–H and O–H groups in total. The number of anilines is 1. The lowest BCUT2D eigenvalue weighted by Gasteiger charge is -2.13. The Kier molecular flexibility index (Phi) is 3.01. The number of para-hydroxylation sites is 1. The van der Waals surface area contributed by atoms with E-state index in [1.54, 1.807) is 6.07 Å². The second-order valence-electron chi connectivity index (χ2n) is 5.67. The van der Waals surface area contributed by atoms with Gasteiger partial charge in [0.05, 0.1) is 11.7 Å². The molecular formula is C18H16N2O3. The second kappa shape index (κ2) is 5.05. The summed E-state index contributed by atoms with van der Waals surface area (Å²) < 4.78 is 11.3. The van der Waals surface area contributed by atoms with Gasteiger partial charge < -0.3 is 19.5 Å². The maximum Gasteiger partial charge on any atom is 0.319 e. The number of fused-ring (bicyclic) bond motifs is 3. The summed E-state index contributed by atoms with van der Waals surface area (Å²) in [4.78, 5) is 12.2. The number of carbonyl (C=O) groups is 1. The first-order chi connectivity index (χ1) is 11.1. The van der Waals surface area contributed by atoms with Gasteiger partial charge in [-0.3, -0.25) is 0 Å². The monoisotopic (exact) mass is 308 g/mol. The Balaban J connectivity index is 1.51. The highest BCUT2D eigenvalue weighted by atomic mass is 16.3. The molecule has 0 aliphatic carbocycles. The molecule has 3 heterocycles. The van der Waals surface area contributed by atoms with Crippen LogP contribution in [0.4, 0.5) is 10.5 Å². The van der Waals surface area contributed by atoms with Crippen molar-refractivity contribution in [3.05, 3.63) is 53.8 Å². The van der Waals surface area contributed by atoms with Crippen molar-refractivity contribution in [2.75, 3.05) is 5.32 Å². The van der Waals surface area contributed by atoms with Gasteiger partial charge in [0.25, 0.3) is 0 Å². The summed E-state index contributed by atoms with van der Waals surface area (Å²) in [6, 6.07) is 12.8. The number of hydrogen-bond acceptors (Lipinski definition) is 3. The van der Waals surface area contributed by atoms with Crippen molar-refractivity contribution in [2.45, 2.75) is 19.9 Å². The van der Waals surface area contributed by atoms with Gasteiger partial charge in [0.1, 0.15) is 16.9 Å². The standard InChI is InChI=1S/C18H16N2O3/c1-10-13-5-3-4-6-15(13)23-17(10)11(2)19-18(21)20-14-9-12-7-8-16(14)22-12/h3-9,11H,1-2H3,(H2,19,20,21). The van der Waals surface area contributed by atoms with Gasteiger partial charge in [0.2, 0.25) is 0 Å². The third-order valence-corrected chi connectivity index (χ3v) is 4.05. The number of nitrogens with one attached hydrogen (secondary N) is 2. The highest BCUT2D eigenvalue weighted by Gasteiger charge is 2.19. The summed E-state index contributed by atoms with van der Waals surface area (Å²) >= 11 is 0. The largest absolute Gasteiger partial charge is 0.459 e. The maximum absolute atomic E-state index is 12.2. The second-order valence-corrected chi connectivity index (χ2v) is 5.67. The average molecular weight is 308 g/mol. The van der Waals surface area contributed by atoms with E-state index >= 15 is 0 Å². The molecule has 2 bridgehead atoms. The van der Waals surface area contributed by atoms with Crippen molar-refractivity contribution in [1.82, 2.24) is 5.32 Å². The predicted octanol–water partition coefficient (Wildman–Crippen LogP) is 4.81. The molecule has 4 rings (SSSR count). The average Bonchev–Trinajstić information content (AvgIpc) is 3.22. The lowest BCUT2D eigenvalue weighted by atomic mass is 10.1. The number of urea groups is 1. The van der Waals surface area contributed by atoms with Crippen molar-refractivity contribution >= 4 is 33.9 Å². The normalized spacial score (nSPS) is 12.8. The summed E-state index contributed by atoms with van der Waals surface area (Å²) in [5, 5.41) is 6.76. The molecule has 0 aliphatic rings. The van der Waals surface area contributed by atoms with Crippen LogP contribution in [-0.4, -0.2) is 6.03 Å². The number of amides is 2. The Morgan fingerprint density at radius 1 is 1.09 bits per heavy atom. The van der Waals surface area contributed by atoms with Gasteiger partial charge in [-0.1, -0.05) is 18.2 Å². The molecule has 0 spiro atoms.